The summed E-state index contributed by atoms with van der Waals surface area (Å²) in [6.45, 7) is 1.62. The van der Waals surface area contributed by atoms with Crippen molar-refractivity contribution in [3.8, 4) is 0 Å². The van der Waals surface area contributed by atoms with Crippen molar-refractivity contribution in [1.29, 1.82) is 0 Å². The molecular weight excluding hydrogens is 294 g/mol. The van der Waals surface area contributed by atoms with Gasteiger partial charge in [-0.05, 0) is 19.2 Å². The van der Waals surface area contributed by atoms with E-state index in [1.807, 2.05) is 0 Å². The molecule has 9 nitrogen and oxygen atoms in total. The molecule has 0 atom stereocenters. The Hall–Kier alpha value is -2.97. The summed E-state index contributed by atoms with van der Waals surface area (Å²) in [7, 11) is 3.38. The number of nitro benzene ring substituents is 2. The van der Waals surface area contributed by atoms with Crippen molar-refractivity contribution < 1.29 is 19.4 Å². The lowest BCUT2D eigenvalue weighted by atomic mass is 10.0. The average molecular weight is 309 g/mol. The van der Waals surface area contributed by atoms with Crippen LogP contribution < -0.4 is 0 Å². The van der Waals surface area contributed by atoms with E-state index in [0.29, 0.717) is 0 Å². The minimum Gasteiger partial charge on any atom is -0.462 e. The zero-order valence-electron chi connectivity index (χ0n) is 12.3. The van der Waals surface area contributed by atoms with Crippen molar-refractivity contribution in [3.63, 3.8) is 0 Å². The molecule has 9 heteroatoms. The third-order valence-corrected chi connectivity index (χ3v) is 2.59. The molecule has 0 heterocycles. The van der Waals surface area contributed by atoms with Gasteiger partial charge in [-0.15, -0.1) is 0 Å². The maximum atomic E-state index is 11.9. The molecular formula is C13H15N3O6. The number of nitro groups is 2. The number of benzene rings is 1. The van der Waals surface area contributed by atoms with Crippen molar-refractivity contribution in [3.05, 3.63) is 49.7 Å². The topological polar surface area (TPSA) is 116 Å². The van der Waals surface area contributed by atoms with Gasteiger partial charge in [0, 0.05) is 20.2 Å². The number of carbonyl (C=O) groups excluding carboxylic acids is 1. The molecule has 0 aliphatic heterocycles. The maximum absolute atomic E-state index is 11.9. The average Bonchev–Trinajstić information content (AvgIpc) is 2.43. The summed E-state index contributed by atoms with van der Waals surface area (Å²) in [5.41, 5.74) is -1.34. The molecule has 22 heavy (non-hydrogen) atoms. The van der Waals surface area contributed by atoms with Crippen LogP contribution in [0, 0.1) is 20.2 Å². The Morgan fingerprint density at radius 1 is 1.27 bits per heavy atom. The van der Waals surface area contributed by atoms with Crippen LogP contribution in [0.25, 0.3) is 6.08 Å². The standard InChI is InChI=1S/C13H15N3O6/c1-4-22-13(17)11-7-9(15(18)19)8-12(16(20)21)10(11)5-6-14(2)3/h5-8H,4H2,1-3H3. The number of non-ortho nitro benzene ring substituents is 1. The molecule has 1 aromatic rings. The highest BCUT2D eigenvalue weighted by atomic mass is 16.6. The van der Waals surface area contributed by atoms with Gasteiger partial charge >= 0.3 is 5.97 Å². The Kier molecular flexibility index (Phi) is 5.56. The molecule has 0 saturated carbocycles. The first-order valence-electron chi connectivity index (χ1n) is 6.26. The molecule has 118 valence electrons. The number of hydrogen-bond donors (Lipinski definition) is 0. The molecule has 0 aromatic heterocycles. The third-order valence-electron chi connectivity index (χ3n) is 2.59. The van der Waals surface area contributed by atoms with Crippen molar-refractivity contribution in [2.45, 2.75) is 6.92 Å². The minimum atomic E-state index is -0.854. The second-order valence-electron chi connectivity index (χ2n) is 4.44. The van der Waals surface area contributed by atoms with Crippen LogP contribution in [0.5, 0.6) is 0 Å². The maximum Gasteiger partial charge on any atom is 0.339 e. The van der Waals surface area contributed by atoms with Gasteiger partial charge in [0.05, 0.1) is 33.6 Å². The molecule has 0 radical (unpaired) electrons. The predicted molar refractivity (Wildman–Crippen MR) is 78.4 cm³/mol. The quantitative estimate of drug-likeness (QED) is 0.449. The van der Waals surface area contributed by atoms with Gasteiger partial charge in [-0.25, -0.2) is 4.79 Å². The summed E-state index contributed by atoms with van der Waals surface area (Å²) in [5, 5.41) is 22.0. The number of hydrogen-bond acceptors (Lipinski definition) is 7. The third kappa shape index (κ3) is 4.01. The van der Waals surface area contributed by atoms with E-state index in [1.54, 1.807) is 25.9 Å². The number of esters is 1. The van der Waals surface area contributed by atoms with Crippen LogP contribution in [0.15, 0.2) is 18.3 Å². The van der Waals surface area contributed by atoms with Crippen molar-refractivity contribution in [1.82, 2.24) is 4.90 Å². The molecule has 1 aromatic carbocycles. The van der Waals surface area contributed by atoms with Crippen LogP contribution in [0.4, 0.5) is 11.4 Å². The fraction of sp³-hybridized carbons (Fsp3) is 0.308. The highest BCUT2D eigenvalue weighted by molar-refractivity contribution is 5.96. The minimum absolute atomic E-state index is 0.0391. The first kappa shape index (κ1) is 17.1. The lowest BCUT2D eigenvalue weighted by molar-refractivity contribution is -0.394. The van der Waals surface area contributed by atoms with Gasteiger partial charge in [-0.2, -0.15) is 0 Å². The number of ether oxygens (including phenoxy) is 1. The molecule has 0 amide bonds. The van der Waals surface area contributed by atoms with Crippen LogP contribution in [0.1, 0.15) is 22.8 Å². The van der Waals surface area contributed by atoms with E-state index in [0.717, 1.165) is 12.1 Å². The SMILES string of the molecule is CCOC(=O)c1cc([N+](=O)[O-])cc([N+](=O)[O-])c1C=CN(C)C. The fourth-order valence-electron chi connectivity index (χ4n) is 1.66. The molecule has 0 bridgehead atoms. The van der Waals surface area contributed by atoms with E-state index >= 15 is 0 Å². The Labute approximate surface area is 126 Å². The normalized spacial score (nSPS) is 10.5. The lowest BCUT2D eigenvalue weighted by Gasteiger charge is -2.08. The summed E-state index contributed by atoms with van der Waals surface area (Å²) >= 11 is 0. The monoisotopic (exact) mass is 309 g/mol. The van der Waals surface area contributed by atoms with E-state index in [4.69, 9.17) is 4.74 Å². The second kappa shape index (κ2) is 7.16. The fourth-order valence-corrected chi connectivity index (χ4v) is 1.66. The molecule has 0 fully saturated rings. The van der Waals surface area contributed by atoms with Crippen LogP contribution >= 0.6 is 0 Å². The zero-order chi connectivity index (χ0) is 16.9. The first-order valence-corrected chi connectivity index (χ1v) is 6.26. The highest BCUT2D eigenvalue weighted by Gasteiger charge is 2.26. The Morgan fingerprint density at radius 2 is 1.91 bits per heavy atom. The smallest absolute Gasteiger partial charge is 0.339 e. The van der Waals surface area contributed by atoms with E-state index in [2.05, 4.69) is 0 Å². The van der Waals surface area contributed by atoms with Crippen LogP contribution in [0.2, 0.25) is 0 Å². The van der Waals surface area contributed by atoms with Gasteiger partial charge in [0.25, 0.3) is 11.4 Å². The Bertz CT molecular complexity index is 639. The lowest BCUT2D eigenvalue weighted by Crippen LogP contribution is -2.10. The molecule has 0 saturated heterocycles. The Morgan fingerprint density at radius 3 is 2.36 bits per heavy atom. The number of nitrogens with zero attached hydrogens (tertiary/aromatic N) is 3. The van der Waals surface area contributed by atoms with Gasteiger partial charge in [0.2, 0.25) is 0 Å². The molecule has 0 aliphatic carbocycles. The van der Waals surface area contributed by atoms with Gasteiger partial charge in [0.15, 0.2) is 0 Å². The van der Waals surface area contributed by atoms with E-state index in [9.17, 15) is 25.0 Å². The molecule has 0 N–H and O–H groups in total. The van der Waals surface area contributed by atoms with Crippen molar-refractivity contribution in [2.24, 2.45) is 0 Å². The summed E-state index contributed by atoms with van der Waals surface area (Å²) in [6, 6.07) is 1.79. The summed E-state index contributed by atoms with van der Waals surface area (Å²) in [5.74, 6) is -0.854. The predicted octanol–water partition coefficient (Wildman–Crippen LogP) is 2.21. The van der Waals surface area contributed by atoms with Crippen LogP contribution in [-0.2, 0) is 4.74 Å². The second-order valence-corrected chi connectivity index (χ2v) is 4.44. The first-order chi connectivity index (χ1) is 10.3. The van der Waals surface area contributed by atoms with E-state index in [-0.39, 0.29) is 17.7 Å². The summed E-state index contributed by atoms with van der Waals surface area (Å²) in [4.78, 5) is 34.0. The van der Waals surface area contributed by atoms with Crippen molar-refractivity contribution >= 4 is 23.4 Å². The van der Waals surface area contributed by atoms with Gasteiger partial charge in [-0.3, -0.25) is 20.2 Å². The van der Waals surface area contributed by atoms with Crippen molar-refractivity contribution in [2.75, 3.05) is 20.7 Å². The molecule has 0 spiro atoms. The molecule has 0 aliphatic rings. The van der Waals surface area contributed by atoms with E-state index in [1.165, 1.54) is 12.3 Å². The molecule has 0 unspecified atom stereocenters. The van der Waals surface area contributed by atoms with Gasteiger partial charge in [-0.1, -0.05) is 0 Å². The van der Waals surface area contributed by atoms with Gasteiger partial charge in [0.1, 0.15) is 0 Å². The summed E-state index contributed by atoms with van der Waals surface area (Å²) in [6.07, 6.45) is 2.84. The highest BCUT2D eigenvalue weighted by Crippen LogP contribution is 2.30. The number of rotatable bonds is 6. The zero-order valence-corrected chi connectivity index (χ0v) is 12.3. The van der Waals surface area contributed by atoms with E-state index < -0.39 is 27.2 Å². The van der Waals surface area contributed by atoms with Crippen LogP contribution in [0.3, 0.4) is 0 Å². The van der Waals surface area contributed by atoms with Crippen LogP contribution in [-0.4, -0.2) is 41.4 Å². The summed E-state index contributed by atoms with van der Waals surface area (Å²) < 4.78 is 4.81. The number of carbonyl (C=O) groups is 1. The molecule has 1 rings (SSSR count). The van der Waals surface area contributed by atoms with Gasteiger partial charge < -0.3 is 9.64 Å². The Balaban J connectivity index is 3.62. The largest absolute Gasteiger partial charge is 0.462 e.